The maximum Gasteiger partial charge on any atom is 0.258 e. The van der Waals surface area contributed by atoms with Crippen LogP contribution in [0.5, 0.6) is 0 Å². The summed E-state index contributed by atoms with van der Waals surface area (Å²) in [6, 6.07) is 14.8. The van der Waals surface area contributed by atoms with E-state index in [-0.39, 0.29) is 23.1 Å². The van der Waals surface area contributed by atoms with Crippen LogP contribution in [-0.2, 0) is 16.0 Å². The van der Waals surface area contributed by atoms with Gasteiger partial charge in [-0.1, -0.05) is 18.2 Å². The fourth-order valence-electron chi connectivity index (χ4n) is 8.59. The fraction of sp³-hybridized carbons (Fsp3) is 0.516. The van der Waals surface area contributed by atoms with Crippen LogP contribution in [0.1, 0.15) is 67.3 Å². The minimum atomic E-state index is -0.400. The van der Waals surface area contributed by atoms with Gasteiger partial charge in [-0.2, -0.15) is 0 Å². The Labute approximate surface area is 218 Å². The molecule has 1 N–H and O–H groups in total. The molecule has 1 saturated heterocycles. The molecule has 37 heavy (non-hydrogen) atoms. The van der Waals surface area contributed by atoms with Gasteiger partial charge in [0, 0.05) is 30.0 Å². The molecule has 6 aliphatic rings. The van der Waals surface area contributed by atoms with E-state index in [0.717, 1.165) is 44.2 Å². The van der Waals surface area contributed by atoms with Crippen LogP contribution in [0, 0.1) is 23.2 Å². The molecule has 192 valence electrons. The number of hydrogen-bond donors (Lipinski definition) is 1. The lowest BCUT2D eigenvalue weighted by Crippen LogP contribution is -2.56. The molecule has 2 heterocycles. The van der Waals surface area contributed by atoms with Crippen molar-refractivity contribution in [2.24, 2.45) is 23.2 Å². The van der Waals surface area contributed by atoms with Gasteiger partial charge in [-0.05, 0) is 111 Å². The lowest BCUT2D eigenvalue weighted by atomic mass is 9.49. The molecule has 0 spiro atoms. The Morgan fingerprint density at radius 2 is 1.51 bits per heavy atom. The van der Waals surface area contributed by atoms with Crippen LogP contribution < -0.4 is 10.2 Å². The van der Waals surface area contributed by atoms with Crippen molar-refractivity contribution in [2.75, 3.05) is 23.3 Å². The minimum absolute atomic E-state index is 0.0223. The molecule has 6 nitrogen and oxygen atoms in total. The first-order valence-electron chi connectivity index (χ1n) is 14.1. The number of carbonyl (C=O) groups excluding carboxylic acids is 3. The van der Waals surface area contributed by atoms with Crippen LogP contribution in [0.4, 0.5) is 11.4 Å². The summed E-state index contributed by atoms with van der Waals surface area (Å²) in [6.45, 7) is 1.37. The number of anilines is 2. The lowest BCUT2D eigenvalue weighted by Gasteiger charge is -2.56. The Hall–Kier alpha value is -3.15. The van der Waals surface area contributed by atoms with E-state index in [0.29, 0.717) is 42.1 Å². The molecule has 3 amide bonds. The van der Waals surface area contributed by atoms with Crippen molar-refractivity contribution in [1.82, 2.24) is 4.90 Å². The first kappa shape index (κ1) is 23.0. The number of rotatable bonds is 4. The smallest absolute Gasteiger partial charge is 0.258 e. The second-order valence-corrected chi connectivity index (χ2v) is 12.3. The van der Waals surface area contributed by atoms with Gasteiger partial charge >= 0.3 is 0 Å². The van der Waals surface area contributed by atoms with Crippen LogP contribution in [-0.4, -0.2) is 41.8 Å². The number of fused-ring (bicyclic) bond motifs is 1. The highest BCUT2D eigenvalue weighted by atomic mass is 16.2. The van der Waals surface area contributed by atoms with E-state index in [1.54, 1.807) is 24.3 Å². The Bertz CT molecular complexity index is 1220. The van der Waals surface area contributed by atoms with Gasteiger partial charge in [-0.3, -0.25) is 14.4 Å². The number of para-hydroxylation sites is 1. The molecule has 8 rings (SSSR count). The van der Waals surface area contributed by atoms with Crippen molar-refractivity contribution in [2.45, 2.75) is 63.8 Å². The highest BCUT2D eigenvalue weighted by Gasteiger charge is 2.56. The van der Waals surface area contributed by atoms with E-state index in [2.05, 4.69) is 11.4 Å². The SMILES string of the molecule is O=C(Nc1ccc(C(=O)N2CCc3ccccc32)cc1)C1CCCN1C(=O)C12CC3CC(CC(C3)C1)C2. The molecule has 2 aliphatic heterocycles. The quantitative estimate of drug-likeness (QED) is 0.644. The summed E-state index contributed by atoms with van der Waals surface area (Å²) in [5.74, 6) is 2.24. The predicted molar refractivity (Wildman–Crippen MR) is 142 cm³/mol. The molecule has 4 bridgehead atoms. The van der Waals surface area contributed by atoms with E-state index in [4.69, 9.17) is 0 Å². The van der Waals surface area contributed by atoms with Gasteiger partial charge in [-0.25, -0.2) is 0 Å². The number of carbonyl (C=O) groups is 3. The van der Waals surface area contributed by atoms with Crippen LogP contribution in [0.3, 0.4) is 0 Å². The largest absolute Gasteiger partial charge is 0.330 e. The molecule has 6 heteroatoms. The summed E-state index contributed by atoms with van der Waals surface area (Å²) in [4.78, 5) is 44.1. The van der Waals surface area contributed by atoms with Gasteiger partial charge in [0.05, 0.1) is 5.41 Å². The summed E-state index contributed by atoms with van der Waals surface area (Å²) in [5, 5.41) is 3.04. The third kappa shape index (κ3) is 3.87. The average Bonchev–Trinajstić information content (AvgIpc) is 3.55. The van der Waals surface area contributed by atoms with Crippen molar-refractivity contribution < 1.29 is 14.4 Å². The summed E-state index contributed by atoms with van der Waals surface area (Å²) >= 11 is 0. The van der Waals surface area contributed by atoms with Crippen LogP contribution >= 0.6 is 0 Å². The second kappa shape index (κ2) is 8.71. The van der Waals surface area contributed by atoms with Crippen molar-refractivity contribution >= 4 is 29.1 Å². The number of hydrogen-bond acceptors (Lipinski definition) is 3. The molecule has 0 radical (unpaired) electrons. The molecule has 1 atom stereocenters. The Balaban J connectivity index is 1.02. The maximum atomic E-state index is 13.9. The molecular formula is C31H35N3O3. The monoisotopic (exact) mass is 497 g/mol. The number of amides is 3. The van der Waals surface area contributed by atoms with E-state index in [1.165, 1.54) is 24.8 Å². The molecule has 4 aliphatic carbocycles. The molecular weight excluding hydrogens is 462 g/mol. The topological polar surface area (TPSA) is 69.7 Å². The summed E-state index contributed by atoms with van der Waals surface area (Å²) < 4.78 is 0. The maximum absolute atomic E-state index is 13.9. The molecule has 2 aromatic carbocycles. The van der Waals surface area contributed by atoms with Gasteiger partial charge in [0.1, 0.15) is 6.04 Å². The van der Waals surface area contributed by atoms with Gasteiger partial charge < -0.3 is 15.1 Å². The zero-order valence-corrected chi connectivity index (χ0v) is 21.3. The first-order chi connectivity index (χ1) is 18.0. The van der Waals surface area contributed by atoms with Crippen LogP contribution in [0.25, 0.3) is 0 Å². The zero-order valence-electron chi connectivity index (χ0n) is 21.3. The Morgan fingerprint density at radius 1 is 0.838 bits per heavy atom. The lowest BCUT2D eigenvalue weighted by molar-refractivity contribution is -0.160. The number of likely N-dealkylation sites (tertiary alicyclic amines) is 1. The first-order valence-corrected chi connectivity index (χ1v) is 14.1. The highest BCUT2D eigenvalue weighted by Crippen LogP contribution is 2.60. The third-order valence-electron chi connectivity index (χ3n) is 9.84. The summed E-state index contributed by atoms with van der Waals surface area (Å²) in [6.07, 6.45) is 9.46. The van der Waals surface area contributed by atoms with E-state index >= 15 is 0 Å². The van der Waals surface area contributed by atoms with Gasteiger partial charge in [0.2, 0.25) is 11.8 Å². The minimum Gasteiger partial charge on any atom is -0.330 e. The van der Waals surface area contributed by atoms with Gasteiger partial charge in [0.25, 0.3) is 5.91 Å². The van der Waals surface area contributed by atoms with Crippen molar-refractivity contribution in [3.63, 3.8) is 0 Å². The number of nitrogens with one attached hydrogen (secondary N) is 1. The second-order valence-electron chi connectivity index (χ2n) is 12.3. The molecule has 5 fully saturated rings. The number of benzene rings is 2. The molecule has 1 unspecified atom stereocenters. The third-order valence-corrected chi connectivity index (χ3v) is 9.84. The van der Waals surface area contributed by atoms with Crippen LogP contribution in [0.15, 0.2) is 48.5 Å². The zero-order chi connectivity index (χ0) is 25.1. The molecule has 0 aromatic heterocycles. The van der Waals surface area contributed by atoms with Gasteiger partial charge in [0.15, 0.2) is 0 Å². The standard InChI is InChI=1S/C31H35N3O3/c35-28(27-6-3-12-34(27)30(37)31-17-20-14-21(18-31)16-22(15-20)19-31)32-25-9-7-24(8-10-25)29(36)33-13-11-23-4-1-2-5-26(23)33/h1-2,4-5,7-10,20-22,27H,3,6,11-19H2,(H,32,35). The fourth-order valence-corrected chi connectivity index (χ4v) is 8.59. The Kier molecular flexibility index (Phi) is 5.42. The van der Waals surface area contributed by atoms with Crippen molar-refractivity contribution in [3.05, 3.63) is 59.7 Å². The summed E-state index contributed by atoms with van der Waals surface area (Å²) in [5.41, 5.74) is 3.24. The van der Waals surface area contributed by atoms with Crippen LogP contribution in [0.2, 0.25) is 0 Å². The predicted octanol–water partition coefficient (Wildman–Crippen LogP) is 5.04. The summed E-state index contributed by atoms with van der Waals surface area (Å²) in [7, 11) is 0. The van der Waals surface area contributed by atoms with Crippen molar-refractivity contribution in [3.8, 4) is 0 Å². The van der Waals surface area contributed by atoms with E-state index in [9.17, 15) is 14.4 Å². The van der Waals surface area contributed by atoms with Crippen molar-refractivity contribution in [1.29, 1.82) is 0 Å². The Morgan fingerprint density at radius 3 is 2.22 bits per heavy atom. The van der Waals surface area contributed by atoms with E-state index < -0.39 is 6.04 Å². The molecule has 4 saturated carbocycles. The average molecular weight is 498 g/mol. The van der Waals surface area contributed by atoms with Gasteiger partial charge in [-0.15, -0.1) is 0 Å². The molecule has 2 aromatic rings. The highest BCUT2D eigenvalue weighted by molar-refractivity contribution is 6.07. The number of nitrogens with zero attached hydrogens (tertiary/aromatic N) is 2. The van der Waals surface area contributed by atoms with E-state index in [1.807, 2.05) is 28.0 Å². The normalized spacial score (nSPS) is 31.5.